The quantitative estimate of drug-likeness (QED) is 0.525. The van der Waals surface area contributed by atoms with E-state index < -0.39 is 31.3 Å². The summed E-state index contributed by atoms with van der Waals surface area (Å²) in [7, 11) is 0. The molecule has 1 aliphatic rings. The van der Waals surface area contributed by atoms with Crippen LogP contribution in [-0.4, -0.2) is 46.6 Å². The zero-order valence-corrected chi connectivity index (χ0v) is 6.92. The van der Waals surface area contributed by atoms with Gasteiger partial charge in [-0.2, -0.15) is 0 Å². The van der Waals surface area contributed by atoms with Crippen molar-refractivity contribution in [3.05, 3.63) is 0 Å². The maximum atomic E-state index is 10.1. The van der Waals surface area contributed by atoms with E-state index in [1.165, 1.54) is 0 Å². The maximum Gasteiger partial charge on any atom is 0.329 e. The van der Waals surface area contributed by atoms with Crippen LogP contribution in [0.5, 0.6) is 0 Å². The number of aliphatic hydroxyl groups is 2. The van der Waals surface area contributed by atoms with E-state index >= 15 is 0 Å². The fourth-order valence-corrected chi connectivity index (χ4v) is 1.07. The molecule has 1 saturated heterocycles. The van der Waals surface area contributed by atoms with Crippen LogP contribution < -0.4 is 0 Å². The first kappa shape index (κ1) is 10.4. The van der Waals surface area contributed by atoms with Gasteiger partial charge in [-0.15, -0.1) is 0 Å². The average Bonchev–Trinajstić information content (AvgIpc) is 2.06. The van der Waals surface area contributed by atoms with Crippen LogP contribution in [0.25, 0.3) is 0 Å². The summed E-state index contributed by atoms with van der Waals surface area (Å²) in [4.78, 5) is 10.1. The second-order valence-corrected chi connectivity index (χ2v) is 2.81. The summed E-state index contributed by atoms with van der Waals surface area (Å²) in [6, 6.07) is 0. The lowest BCUT2D eigenvalue weighted by atomic mass is 10.1. The smallest absolute Gasteiger partial charge is 0.329 e. The molecule has 0 amide bonds. The summed E-state index contributed by atoms with van der Waals surface area (Å²) in [6.07, 6.45) is -2.23. The molecule has 0 radical (unpaired) electrons. The predicted molar refractivity (Wildman–Crippen MR) is 39.7 cm³/mol. The molecule has 1 fully saturated rings. The van der Waals surface area contributed by atoms with Gasteiger partial charge in [-0.25, -0.2) is 4.79 Å². The molecular weight excluding hydrogens is 180 g/mol. The molecule has 0 saturated carbocycles. The third kappa shape index (κ3) is 3.27. The van der Waals surface area contributed by atoms with Gasteiger partial charge >= 0.3 is 5.97 Å². The molecule has 6 heteroatoms. The van der Waals surface area contributed by atoms with Crippen molar-refractivity contribution in [3.8, 4) is 0 Å². The van der Waals surface area contributed by atoms with Crippen LogP contribution in [-0.2, 0) is 14.3 Å². The number of carboxylic acid groups (broad SMARTS) is 1. The van der Waals surface area contributed by atoms with Gasteiger partial charge in [0.15, 0.2) is 12.6 Å². The largest absolute Gasteiger partial charge is 0.480 e. The van der Waals surface area contributed by atoms with Gasteiger partial charge in [-0.1, -0.05) is 0 Å². The first-order valence-electron chi connectivity index (χ1n) is 3.94. The van der Waals surface area contributed by atoms with E-state index in [9.17, 15) is 9.90 Å². The van der Waals surface area contributed by atoms with Gasteiger partial charge in [0.1, 0.15) is 12.7 Å². The summed E-state index contributed by atoms with van der Waals surface area (Å²) in [5.74, 6) is -1.14. The third-order valence-corrected chi connectivity index (χ3v) is 1.69. The fraction of sp³-hybridized carbons (Fsp3) is 0.857. The van der Waals surface area contributed by atoms with Crippen LogP contribution in [0.2, 0.25) is 0 Å². The maximum absolute atomic E-state index is 10.1. The summed E-state index contributed by atoms with van der Waals surface area (Å²) >= 11 is 0. The topological polar surface area (TPSA) is 96.2 Å². The lowest BCUT2D eigenvalue weighted by Gasteiger charge is -2.30. The normalized spacial score (nSPS) is 34.5. The van der Waals surface area contributed by atoms with Crippen molar-refractivity contribution in [3.63, 3.8) is 0 Å². The molecule has 76 valence electrons. The molecule has 6 nitrogen and oxygen atoms in total. The number of aliphatic hydroxyl groups excluding tert-OH is 2. The van der Waals surface area contributed by atoms with E-state index in [1.54, 1.807) is 0 Å². The monoisotopic (exact) mass is 192 g/mol. The Labute approximate surface area is 74.7 Å². The molecule has 3 atom stereocenters. The van der Waals surface area contributed by atoms with E-state index in [2.05, 4.69) is 0 Å². The second-order valence-electron chi connectivity index (χ2n) is 2.81. The van der Waals surface area contributed by atoms with Crippen LogP contribution >= 0.6 is 0 Å². The summed E-state index contributed by atoms with van der Waals surface area (Å²) in [5, 5.41) is 26.5. The molecule has 0 bridgehead atoms. The summed E-state index contributed by atoms with van der Waals surface area (Å²) in [5.41, 5.74) is 0. The number of rotatable bonds is 3. The van der Waals surface area contributed by atoms with E-state index in [-0.39, 0.29) is 0 Å². The molecule has 0 aliphatic carbocycles. The van der Waals surface area contributed by atoms with Gasteiger partial charge in [0.05, 0.1) is 0 Å². The Balaban J connectivity index is 2.33. The highest BCUT2D eigenvalue weighted by Crippen LogP contribution is 2.18. The minimum atomic E-state index is -1.14. The van der Waals surface area contributed by atoms with E-state index in [0.717, 1.165) is 0 Å². The van der Waals surface area contributed by atoms with Gasteiger partial charge in [0, 0.05) is 6.42 Å². The Kier molecular flexibility index (Phi) is 3.61. The molecule has 0 aromatic heterocycles. The first-order chi connectivity index (χ1) is 6.09. The SMILES string of the molecule is O=C(O)CO[C@@H]1OC(O)CC[C@H]1O. The minimum absolute atomic E-state index is 0.327. The van der Waals surface area contributed by atoms with Crippen LogP contribution in [0.15, 0.2) is 0 Å². The molecule has 1 unspecified atom stereocenters. The Morgan fingerprint density at radius 1 is 1.46 bits per heavy atom. The molecule has 1 rings (SSSR count). The summed E-state index contributed by atoms with van der Waals surface area (Å²) in [6.45, 7) is -0.547. The zero-order valence-electron chi connectivity index (χ0n) is 6.92. The Bertz CT molecular complexity index is 182. The Hall–Kier alpha value is -0.690. The number of hydrogen-bond acceptors (Lipinski definition) is 5. The van der Waals surface area contributed by atoms with E-state index in [1.807, 2.05) is 0 Å². The van der Waals surface area contributed by atoms with E-state index in [0.29, 0.717) is 12.8 Å². The van der Waals surface area contributed by atoms with Crippen molar-refractivity contribution in [2.45, 2.75) is 31.5 Å². The first-order valence-corrected chi connectivity index (χ1v) is 3.94. The van der Waals surface area contributed by atoms with Crippen molar-refractivity contribution in [2.75, 3.05) is 6.61 Å². The fourth-order valence-electron chi connectivity index (χ4n) is 1.07. The van der Waals surface area contributed by atoms with Gasteiger partial charge in [-0.05, 0) is 6.42 Å². The van der Waals surface area contributed by atoms with Gasteiger partial charge in [0.2, 0.25) is 0 Å². The molecule has 3 N–H and O–H groups in total. The van der Waals surface area contributed by atoms with Crippen molar-refractivity contribution < 1.29 is 29.6 Å². The van der Waals surface area contributed by atoms with Crippen LogP contribution in [0, 0.1) is 0 Å². The van der Waals surface area contributed by atoms with Crippen LogP contribution in [0.4, 0.5) is 0 Å². The predicted octanol–water partition coefficient (Wildman–Crippen LogP) is -1.10. The van der Waals surface area contributed by atoms with Gasteiger partial charge in [0.25, 0.3) is 0 Å². The number of hydrogen-bond donors (Lipinski definition) is 3. The van der Waals surface area contributed by atoms with Gasteiger partial charge in [-0.3, -0.25) is 0 Å². The molecular formula is C7H12O6. The summed E-state index contributed by atoms with van der Waals surface area (Å²) < 4.78 is 9.46. The van der Waals surface area contributed by atoms with Crippen molar-refractivity contribution in [1.29, 1.82) is 0 Å². The molecule has 1 heterocycles. The van der Waals surface area contributed by atoms with Crippen molar-refractivity contribution in [1.82, 2.24) is 0 Å². The number of carboxylic acids is 1. The lowest BCUT2D eigenvalue weighted by molar-refractivity contribution is -0.284. The molecule has 0 aromatic carbocycles. The zero-order chi connectivity index (χ0) is 9.84. The highest BCUT2D eigenvalue weighted by Gasteiger charge is 2.29. The van der Waals surface area contributed by atoms with Crippen molar-refractivity contribution >= 4 is 5.97 Å². The standard InChI is InChI=1S/C7H12O6/c8-4-1-2-6(11)13-7(4)12-3-5(9)10/h4,6-8,11H,1-3H2,(H,9,10)/t4-,6?,7-/m1/s1. The highest BCUT2D eigenvalue weighted by atomic mass is 16.7. The van der Waals surface area contributed by atoms with Crippen LogP contribution in [0.1, 0.15) is 12.8 Å². The third-order valence-electron chi connectivity index (χ3n) is 1.69. The highest BCUT2D eigenvalue weighted by molar-refractivity contribution is 5.68. The molecule has 0 aromatic rings. The van der Waals surface area contributed by atoms with Crippen molar-refractivity contribution in [2.24, 2.45) is 0 Å². The minimum Gasteiger partial charge on any atom is -0.480 e. The molecule has 13 heavy (non-hydrogen) atoms. The average molecular weight is 192 g/mol. The molecule has 1 aliphatic heterocycles. The van der Waals surface area contributed by atoms with Gasteiger partial charge < -0.3 is 24.8 Å². The van der Waals surface area contributed by atoms with Crippen LogP contribution in [0.3, 0.4) is 0 Å². The van der Waals surface area contributed by atoms with E-state index in [4.69, 9.17) is 19.7 Å². The molecule has 0 spiro atoms. The Morgan fingerprint density at radius 2 is 2.15 bits per heavy atom. The second kappa shape index (κ2) is 4.52. The Morgan fingerprint density at radius 3 is 2.77 bits per heavy atom. The number of ether oxygens (including phenoxy) is 2. The lowest BCUT2D eigenvalue weighted by Crippen LogP contribution is -2.41. The number of aliphatic carboxylic acids is 1. The number of carbonyl (C=O) groups is 1.